The van der Waals surface area contributed by atoms with Gasteiger partial charge in [0.25, 0.3) is 0 Å². The highest BCUT2D eigenvalue weighted by Crippen LogP contribution is 2.39. The van der Waals surface area contributed by atoms with Crippen molar-refractivity contribution in [3.05, 3.63) is 20.3 Å². The quantitative estimate of drug-likeness (QED) is 0.906. The zero-order valence-electron chi connectivity index (χ0n) is 8.70. The third-order valence-electron chi connectivity index (χ3n) is 2.84. The van der Waals surface area contributed by atoms with Gasteiger partial charge in [-0.05, 0) is 41.8 Å². The standard InChI is InChI=1S/C11H15BrO2S/c1-7-9(12)5-10(15-7)11-8(6-13)3-2-4-14-11/h5,8,11,13H,2-4,6H2,1H3. The van der Waals surface area contributed by atoms with E-state index in [1.807, 2.05) is 0 Å². The maximum atomic E-state index is 9.31. The van der Waals surface area contributed by atoms with Crippen molar-refractivity contribution in [3.63, 3.8) is 0 Å². The van der Waals surface area contributed by atoms with Gasteiger partial charge in [-0.1, -0.05) is 0 Å². The van der Waals surface area contributed by atoms with Gasteiger partial charge in [0.15, 0.2) is 0 Å². The molecule has 1 aromatic heterocycles. The Morgan fingerprint density at radius 1 is 1.67 bits per heavy atom. The molecule has 1 fully saturated rings. The third kappa shape index (κ3) is 2.44. The Bertz CT molecular complexity index is 318. The van der Waals surface area contributed by atoms with Crippen molar-refractivity contribution < 1.29 is 9.84 Å². The van der Waals surface area contributed by atoms with Gasteiger partial charge in [0.1, 0.15) is 0 Å². The van der Waals surface area contributed by atoms with E-state index in [1.54, 1.807) is 11.3 Å². The summed E-state index contributed by atoms with van der Waals surface area (Å²) in [5.41, 5.74) is 0. The molecule has 1 aliphatic rings. The molecule has 0 aliphatic carbocycles. The van der Waals surface area contributed by atoms with E-state index >= 15 is 0 Å². The highest BCUT2D eigenvalue weighted by Gasteiger charge is 2.28. The Hall–Kier alpha value is 0.100. The lowest BCUT2D eigenvalue weighted by atomic mass is 9.94. The molecule has 84 valence electrons. The summed E-state index contributed by atoms with van der Waals surface area (Å²) in [7, 11) is 0. The maximum Gasteiger partial charge on any atom is 0.0967 e. The van der Waals surface area contributed by atoms with Crippen molar-refractivity contribution >= 4 is 27.3 Å². The number of hydrogen-bond donors (Lipinski definition) is 1. The van der Waals surface area contributed by atoms with Gasteiger partial charge < -0.3 is 9.84 Å². The number of aliphatic hydroxyl groups is 1. The lowest BCUT2D eigenvalue weighted by Gasteiger charge is -2.29. The van der Waals surface area contributed by atoms with Crippen LogP contribution in [0.5, 0.6) is 0 Å². The average Bonchev–Trinajstić information content (AvgIpc) is 2.59. The van der Waals surface area contributed by atoms with Crippen LogP contribution in [0, 0.1) is 12.8 Å². The van der Waals surface area contributed by atoms with Gasteiger partial charge in [0, 0.05) is 33.4 Å². The molecule has 1 N–H and O–H groups in total. The summed E-state index contributed by atoms with van der Waals surface area (Å²) in [4.78, 5) is 2.51. The maximum absolute atomic E-state index is 9.31. The Morgan fingerprint density at radius 2 is 2.47 bits per heavy atom. The lowest BCUT2D eigenvalue weighted by molar-refractivity contribution is -0.0437. The average molecular weight is 291 g/mol. The summed E-state index contributed by atoms with van der Waals surface area (Å²) < 4.78 is 6.91. The van der Waals surface area contributed by atoms with Gasteiger partial charge >= 0.3 is 0 Å². The summed E-state index contributed by atoms with van der Waals surface area (Å²) in [5.74, 6) is 0.267. The largest absolute Gasteiger partial charge is 0.396 e. The Morgan fingerprint density at radius 3 is 3.07 bits per heavy atom. The molecule has 4 heteroatoms. The topological polar surface area (TPSA) is 29.5 Å². The van der Waals surface area contributed by atoms with Gasteiger partial charge in [-0.25, -0.2) is 0 Å². The van der Waals surface area contributed by atoms with E-state index in [9.17, 15) is 5.11 Å². The fraction of sp³-hybridized carbons (Fsp3) is 0.636. The van der Waals surface area contributed by atoms with E-state index < -0.39 is 0 Å². The number of thiophene rings is 1. The van der Waals surface area contributed by atoms with E-state index in [-0.39, 0.29) is 18.6 Å². The van der Waals surface area contributed by atoms with Crippen LogP contribution >= 0.6 is 27.3 Å². The number of halogens is 1. The van der Waals surface area contributed by atoms with Gasteiger partial charge in [-0.2, -0.15) is 0 Å². The van der Waals surface area contributed by atoms with E-state index in [2.05, 4.69) is 28.9 Å². The summed E-state index contributed by atoms with van der Waals surface area (Å²) in [6.07, 6.45) is 2.22. The van der Waals surface area contributed by atoms with Crippen molar-refractivity contribution in [2.45, 2.75) is 25.9 Å². The number of ether oxygens (including phenoxy) is 1. The number of rotatable bonds is 2. The zero-order chi connectivity index (χ0) is 10.8. The third-order valence-corrected chi connectivity index (χ3v) is 5.03. The normalized spacial score (nSPS) is 26.9. The Kier molecular flexibility index (Phi) is 3.83. The number of aliphatic hydroxyl groups excluding tert-OH is 1. The van der Waals surface area contributed by atoms with E-state index in [1.165, 1.54) is 9.75 Å². The van der Waals surface area contributed by atoms with Crippen LogP contribution in [0.2, 0.25) is 0 Å². The first-order valence-electron chi connectivity index (χ1n) is 5.20. The molecule has 0 spiro atoms. The van der Waals surface area contributed by atoms with Gasteiger partial charge in [0.05, 0.1) is 6.10 Å². The second-order valence-corrected chi connectivity index (χ2v) is 6.07. The van der Waals surface area contributed by atoms with E-state index in [4.69, 9.17) is 4.74 Å². The second-order valence-electron chi connectivity index (χ2n) is 3.93. The first kappa shape index (κ1) is 11.6. The van der Waals surface area contributed by atoms with Crippen LogP contribution in [-0.2, 0) is 4.74 Å². The molecule has 2 rings (SSSR count). The summed E-state index contributed by atoms with van der Waals surface area (Å²) in [6.45, 7) is 3.13. The highest BCUT2D eigenvalue weighted by atomic mass is 79.9. The fourth-order valence-electron chi connectivity index (χ4n) is 1.97. The molecule has 1 aromatic rings. The molecular weight excluding hydrogens is 276 g/mol. The molecule has 2 heterocycles. The second kappa shape index (κ2) is 4.95. The molecule has 2 unspecified atom stereocenters. The molecule has 0 amide bonds. The number of hydrogen-bond acceptors (Lipinski definition) is 3. The molecular formula is C11H15BrO2S. The smallest absolute Gasteiger partial charge is 0.0967 e. The number of aryl methyl sites for hydroxylation is 1. The molecule has 0 radical (unpaired) electrons. The van der Waals surface area contributed by atoms with Crippen LogP contribution < -0.4 is 0 Å². The van der Waals surface area contributed by atoms with Crippen molar-refractivity contribution in [1.29, 1.82) is 0 Å². The molecule has 0 bridgehead atoms. The van der Waals surface area contributed by atoms with E-state index in [0.29, 0.717) is 0 Å². The van der Waals surface area contributed by atoms with Crippen molar-refractivity contribution in [3.8, 4) is 0 Å². The predicted molar refractivity (Wildman–Crippen MR) is 65.3 cm³/mol. The monoisotopic (exact) mass is 290 g/mol. The van der Waals surface area contributed by atoms with Crippen molar-refractivity contribution in [2.75, 3.05) is 13.2 Å². The van der Waals surface area contributed by atoms with Crippen LogP contribution in [0.15, 0.2) is 10.5 Å². The highest BCUT2D eigenvalue weighted by molar-refractivity contribution is 9.10. The lowest BCUT2D eigenvalue weighted by Crippen LogP contribution is -2.24. The molecule has 15 heavy (non-hydrogen) atoms. The van der Waals surface area contributed by atoms with Gasteiger partial charge in [0.2, 0.25) is 0 Å². The Balaban J connectivity index is 2.20. The fourth-order valence-corrected chi connectivity index (χ4v) is 3.67. The molecule has 0 aromatic carbocycles. The minimum atomic E-state index is 0.0961. The minimum Gasteiger partial charge on any atom is -0.396 e. The summed E-state index contributed by atoms with van der Waals surface area (Å²) in [6, 6.07) is 2.12. The van der Waals surface area contributed by atoms with Crippen LogP contribution in [-0.4, -0.2) is 18.3 Å². The molecule has 0 saturated carbocycles. The van der Waals surface area contributed by atoms with Crippen molar-refractivity contribution in [1.82, 2.24) is 0 Å². The van der Waals surface area contributed by atoms with Crippen LogP contribution in [0.4, 0.5) is 0 Å². The minimum absolute atomic E-state index is 0.0961. The van der Waals surface area contributed by atoms with Gasteiger partial charge in [-0.15, -0.1) is 11.3 Å². The van der Waals surface area contributed by atoms with Crippen LogP contribution in [0.25, 0.3) is 0 Å². The van der Waals surface area contributed by atoms with Crippen LogP contribution in [0.1, 0.15) is 28.7 Å². The van der Waals surface area contributed by atoms with Crippen molar-refractivity contribution in [2.24, 2.45) is 5.92 Å². The first-order valence-corrected chi connectivity index (χ1v) is 6.81. The summed E-state index contributed by atoms with van der Waals surface area (Å²) >= 11 is 5.27. The first-order chi connectivity index (χ1) is 7.22. The predicted octanol–water partition coefficient (Wildman–Crippen LogP) is 3.28. The molecule has 2 atom stereocenters. The molecule has 2 nitrogen and oxygen atoms in total. The SMILES string of the molecule is Cc1sc(C2OCCCC2CO)cc1Br. The Labute approximate surface area is 102 Å². The zero-order valence-corrected chi connectivity index (χ0v) is 11.1. The molecule has 1 aliphatic heterocycles. The van der Waals surface area contributed by atoms with Crippen LogP contribution in [0.3, 0.4) is 0 Å². The van der Waals surface area contributed by atoms with Gasteiger partial charge in [-0.3, -0.25) is 0 Å². The molecule has 1 saturated heterocycles. The van der Waals surface area contributed by atoms with E-state index in [0.717, 1.165) is 23.9 Å². The summed E-state index contributed by atoms with van der Waals surface area (Å²) in [5, 5.41) is 9.31.